The van der Waals surface area contributed by atoms with E-state index in [0.29, 0.717) is 34.5 Å². The maximum Gasteiger partial charge on any atom is 0.260 e. The fourth-order valence-electron chi connectivity index (χ4n) is 3.11. The number of amides is 1. The van der Waals surface area contributed by atoms with Gasteiger partial charge in [0, 0.05) is 18.2 Å². The van der Waals surface area contributed by atoms with Gasteiger partial charge in [-0.2, -0.15) is 0 Å². The van der Waals surface area contributed by atoms with Gasteiger partial charge in [0.1, 0.15) is 22.8 Å². The van der Waals surface area contributed by atoms with E-state index >= 15 is 0 Å². The third kappa shape index (κ3) is 5.78. The van der Waals surface area contributed by atoms with Crippen LogP contribution in [0.4, 0.5) is 5.13 Å². The molecular formula is C22H28ClN3O4S. The summed E-state index contributed by atoms with van der Waals surface area (Å²) >= 11 is 1.47. The van der Waals surface area contributed by atoms with Crippen molar-refractivity contribution in [1.29, 1.82) is 0 Å². The maximum atomic E-state index is 13.5. The zero-order valence-electron chi connectivity index (χ0n) is 18.4. The van der Waals surface area contributed by atoms with Gasteiger partial charge in [-0.05, 0) is 51.3 Å². The van der Waals surface area contributed by atoms with Gasteiger partial charge >= 0.3 is 0 Å². The van der Waals surface area contributed by atoms with Crippen LogP contribution in [0.25, 0.3) is 10.2 Å². The van der Waals surface area contributed by atoms with Crippen LogP contribution >= 0.6 is 23.7 Å². The Morgan fingerprint density at radius 2 is 1.68 bits per heavy atom. The van der Waals surface area contributed by atoms with Crippen molar-refractivity contribution in [2.75, 3.05) is 53.4 Å². The lowest BCUT2D eigenvalue weighted by atomic mass is 10.1. The smallest absolute Gasteiger partial charge is 0.260 e. The third-order valence-corrected chi connectivity index (χ3v) is 5.70. The number of halogens is 1. The standard InChI is InChI=1S/C22H27N3O4S.ClH/c1-24(2)10-7-11-25(21(26)15-12-16(27-3)14-17(13-15)28-4)22-23-20-18(29-5)8-6-9-19(20)30-22;/h6,8-9,12-14H,7,10-11H2,1-5H3;1H. The Hall–Kier alpha value is -2.55. The normalized spacial score (nSPS) is 10.6. The quantitative estimate of drug-likeness (QED) is 0.468. The Morgan fingerprint density at radius 3 is 2.26 bits per heavy atom. The Labute approximate surface area is 192 Å². The molecule has 0 aliphatic heterocycles. The maximum absolute atomic E-state index is 13.5. The number of nitrogens with zero attached hydrogens (tertiary/aromatic N) is 3. The van der Waals surface area contributed by atoms with Crippen LogP contribution in [0.15, 0.2) is 36.4 Å². The highest BCUT2D eigenvalue weighted by Gasteiger charge is 2.23. The van der Waals surface area contributed by atoms with Crippen molar-refractivity contribution in [3.8, 4) is 17.2 Å². The van der Waals surface area contributed by atoms with Crippen LogP contribution in [0.3, 0.4) is 0 Å². The molecule has 2 aromatic carbocycles. The molecule has 0 fully saturated rings. The molecule has 1 heterocycles. The number of carbonyl (C=O) groups is 1. The molecule has 0 N–H and O–H groups in total. The van der Waals surface area contributed by atoms with Crippen molar-refractivity contribution in [3.63, 3.8) is 0 Å². The average molecular weight is 466 g/mol. The SMILES string of the molecule is COc1cc(OC)cc(C(=O)N(CCCN(C)C)c2nc3c(OC)cccc3s2)c1.Cl. The lowest BCUT2D eigenvalue weighted by Crippen LogP contribution is -2.33. The third-order valence-electron chi connectivity index (χ3n) is 4.65. The van der Waals surface area contributed by atoms with E-state index in [9.17, 15) is 4.79 Å². The molecule has 0 radical (unpaired) electrons. The van der Waals surface area contributed by atoms with Gasteiger partial charge in [0.15, 0.2) is 5.13 Å². The van der Waals surface area contributed by atoms with Crippen LogP contribution < -0.4 is 19.1 Å². The number of ether oxygens (including phenoxy) is 3. The Morgan fingerprint density at radius 1 is 1.00 bits per heavy atom. The van der Waals surface area contributed by atoms with Crippen molar-refractivity contribution < 1.29 is 19.0 Å². The zero-order chi connectivity index (χ0) is 21.7. The molecule has 0 aliphatic carbocycles. The molecule has 0 aliphatic rings. The van der Waals surface area contributed by atoms with E-state index in [2.05, 4.69) is 4.90 Å². The fraction of sp³-hybridized carbons (Fsp3) is 0.364. The number of anilines is 1. The summed E-state index contributed by atoms with van der Waals surface area (Å²) in [5.74, 6) is 1.68. The minimum atomic E-state index is -0.149. The summed E-state index contributed by atoms with van der Waals surface area (Å²) in [6.07, 6.45) is 0.812. The number of benzene rings is 2. The van der Waals surface area contributed by atoms with Crippen molar-refractivity contribution in [2.24, 2.45) is 0 Å². The van der Waals surface area contributed by atoms with Gasteiger partial charge in [-0.25, -0.2) is 4.98 Å². The van der Waals surface area contributed by atoms with Gasteiger partial charge < -0.3 is 19.1 Å². The number of carbonyl (C=O) groups excluding carboxylic acids is 1. The van der Waals surface area contributed by atoms with E-state index in [0.717, 1.165) is 23.2 Å². The molecule has 0 saturated carbocycles. The highest BCUT2D eigenvalue weighted by atomic mass is 35.5. The molecule has 0 spiro atoms. The monoisotopic (exact) mass is 465 g/mol. The van der Waals surface area contributed by atoms with E-state index < -0.39 is 0 Å². The predicted molar refractivity (Wildman–Crippen MR) is 128 cm³/mol. The van der Waals surface area contributed by atoms with Gasteiger partial charge in [-0.15, -0.1) is 12.4 Å². The highest BCUT2D eigenvalue weighted by Crippen LogP contribution is 2.35. The van der Waals surface area contributed by atoms with Gasteiger partial charge in [-0.1, -0.05) is 17.4 Å². The topological polar surface area (TPSA) is 64.1 Å². The van der Waals surface area contributed by atoms with Gasteiger partial charge in [0.05, 0.1) is 26.0 Å². The average Bonchev–Trinajstić information content (AvgIpc) is 3.19. The number of aromatic nitrogens is 1. The molecule has 7 nitrogen and oxygen atoms in total. The summed E-state index contributed by atoms with van der Waals surface area (Å²) < 4.78 is 17.1. The molecule has 0 unspecified atom stereocenters. The fourth-order valence-corrected chi connectivity index (χ4v) is 4.12. The van der Waals surface area contributed by atoms with Crippen LogP contribution in [-0.4, -0.2) is 64.3 Å². The van der Waals surface area contributed by atoms with Crippen LogP contribution in [0.1, 0.15) is 16.8 Å². The predicted octanol–water partition coefficient (Wildman–Crippen LogP) is 4.34. The molecule has 0 saturated heterocycles. The number of fused-ring (bicyclic) bond motifs is 1. The number of hydrogen-bond acceptors (Lipinski definition) is 7. The van der Waals surface area contributed by atoms with E-state index in [1.165, 1.54) is 11.3 Å². The molecular weight excluding hydrogens is 438 g/mol. The lowest BCUT2D eigenvalue weighted by Gasteiger charge is -2.21. The van der Waals surface area contributed by atoms with Crippen molar-refractivity contribution >= 4 is 45.0 Å². The minimum absolute atomic E-state index is 0. The van der Waals surface area contributed by atoms with Crippen molar-refractivity contribution in [2.45, 2.75) is 6.42 Å². The Balaban J connectivity index is 0.00000341. The Kier molecular flexibility index (Phi) is 8.91. The first-order valence-electron chi connectivity index (χ1n) is 9.60. The van der Waals surface area contributed by atoms with Crippen molar-refractivity contribution in [1.82, 2.24) is 9.88 Å². The summed E-state index contributed by atoms with van der Waals surface area (Å²) in [6.45, 7) is 1.40. The number of thiazole rings is 1. The van der Waals surface area contributed by atoms with Crippen LogP contribution in [0.2, 0.25) is 0 Å². The first-order chi connectivity index (χ1) is 14.5. The lowest BCUT2D eigenvalue weighted by molar-refractivity contribution is 0.0985. The number of hydrogen-bond donors (Lipinski definition) is 0. The first kappa shape index (κ1) is 24.7. The van der Waals surface area contributed by atoms with E-state index in [4.69, 9.17) is 19.2 Å². The second-order valence-electron chi connectivity index (χ2n) is 7.02. The summed E-state index contributed by atoms with van der Waals surface area (Å²) in [6, 6.07) is 11.0. The van der Waals surface area contributed by atoms with Gasteiger partial charge in [0.25, 0.3) is 5.91 Å². The van der Waals surface area contributed by atoms with Gasteiger partial charge in [-0.3, -0.25) is 9.69 Å². The molecule has 0 atom stereocenters. The van der Waals surface area contributed by atoms with Crippen LogP contribution in [0.5, 0.6) is 17.2 Å². The number of para-hydroxylation sites is 1. The van der Waals surface area contributed by atoms with Gasteiger partial charge in [0.2, 0.25) is 0 Å². The van der Waals surface area contributed by atoms with E-state index in [-0.39, 0.29) is 18.3 Å². The van der Waals surface area contributed by atoms with Crippen LogP contribution in [0, 0.1) is 0 Å². The second kappa shape index (κ2) is 11.2. The molecule has 0 bridgehead atoms. The molecule has 9 heteroatoms. The Bertz CT molecular complexity index is 1000. The molecule has 1 aromatic heterocycles. The summed E-state index contributed by atoms with van der Waals surface area (Å²) in [7, 11) is 8.79. The van der Waals surface area contributed by atoms with Crippen molar-refractivity contribution in [3.05, 3.63) is 42.0 Å². The zero-order valence-corrected chi connectivity index (χ0v) is 20.0. The molecule has 31 heavy (non-hydrogen) atoms. The number of methoxy groups -OCH3 is 3. The molecule has 3 rings (SSSR count). The van der Waals surface area contributed by atoms with E-state index in [1.54, 1.807) is 44.4 Å². The molecule has 1 amide bonds. The number of rotatable bonds is 9. The highest BCUT2D eigenvalue weighted by molar-refractivity contribution is 7.22. The summed E-state index contributed by atoms with van der Waals surface area (Å²) in [4.78, 5) is 22.1. The molecule has 168 valence electrons. The summed E-state index contributed by atoms with van der Waals surface area (Å²) in [5.41, 5.74) is 1.25. The van der Waals surface area contributed by atoms with Crippen LogP contribution in [-0.2, 0) is 0 Å². The minimum Gasteiger partial charge on any atom is -0.497 e. The van der Waals surface area contributed by atoms with E-state index in [1.807, 2.05) is 32.3 Å². The largest absolute Gasteiger partial charge is 0.497 e. The second-order valence-corrected chi connectivity index (χ2v) is 8.03. The molecule has 3 aromatic rings. The summed E-state index contributed by atoms with van der Waals surface area (Å²) in [5, 5.41) is 0.639. The first-order valence-corrected chi connectivity index (χ1v) is 10.4.